The zero-order valence-electron chi connectivity index (χ0n) is 10.8. The van der Waals surface area contributed by atoms with Gasteiger partial charge in [0.05, 0.1) is 18.9 Å². The summed E-state index contributed by atoms with van der Waals surface area (Å²) in [6, 6.07) is 9.79. The first-order chi connectivity index (χ1) is 9.11. The Kier molecular flexibility index (Phi) is 4.16. The van der Waals surface area contributed by atoms with E-state index in [1.807, 2.05) is 35.2 Å². The Bertz CT molecular complexity index is 460. The van der Waals surface area contributed by atoms with E-state index in [4.69, 9.17) is 0 Å². The molecule has 1 N–H and O–H groups in total. The Hall–Kier alpha value is -1.88. The van der Waals surface area contributed by atoms with Crippen LogP contribution in [-0.4, -0.2) is 42.1 Å². The van der Waals surface area contributed by atoms with Crippen LogP contribution in [0.15, 0.2) is 30.3 Å². The van der Waals surface area contributed by atoms with Crippen LogP contribution in [0.3, 0.4) is 0 Å². The van der Waals surface area contributed by atoms with Crippen LogP contribution in [0.4, 0.5) is 0 Å². The van der Waals surface area contributed by atoms with Gasteiger partial charge in [0.15, 0.2) is 0 Å². The molecule has 0 amide bonds. The first kappa shape index (κ1) is 13.5. The van der Waals surface area contributed by atoms with Crippen molar-refractivity contribution >= 4 is 11.9 Å². The predicted molar refractivity (Wildman–Crippen MR) is 68.4 cm³/mol. The number of benzene rings is 1. The lowest BCUT2D eigenvalue weighted by Crippen LogP contribution is -2.29. The fourth-order valence-electron chi connectivity index (χ4n) is 2.50. The van der Waals surface area contributed by atoms with Crippen LogP contribution in [0.5, 0.6) is 0 Å². The lowest BCUT2D eigenvalue weighted by atomic mass is 9.97. The van der Waals surface area contributed by atoms with Gasteiger partial charge in [0.25, 0.3) is 0 Å². The average Bonchev–Trinajstić information content (AvgIpc) is 2.83. The van der Waals surface area contributed by atoms with Gasteiger partial charge < -0.3 is 9.84 Å². The summed E-state index contributed by atoms with van der Waals surface area (Å²) in [6.45, 7) is 1.46. The van der Waals surface area contributed by atoms with Gasteiger partial charge in [-0.25, -0.2) is 0 Å². The fourth-order valence-corrected chi connectivity index (χ4v) is 2.50. The van der Waals surface area contributed by atoms with Gasteiger partial charge in [-0.1, -0.05) is 30.3 Å². The van der Waals surface area contributed by atoms with Gasteiger partial charge in [0, 0.05) is 19.6 Å². The van der Waals surface area contributed by atoms with Crippen LogP contribution < -0.4 is 0 Å². The number of hydrogen-bond donors (Lipinski definition) is 1. The molecule has 5 nitrogen and oxygen atoms in total. The van der Waals surface area contributed by atoms with Gasteiger partial charge >= 0.3 is 11.9 Å². The standard InChI is InChI=1S/C14H17NO4/c1-19-14(18)12-9-15(8-11(12)13(16)17)7-10-5-3-2-4-6-10/h2-6,11-12H,7-9H2,1H3,(H,16,17)/t11?,12-/m0/s1. The van der Waals surface area contributed by atoms with E-state index in [2.05, 4.69) is 4.74 Å². The molecule has 1 aromatic carbocycles. The topological polar surface area (TPSA) is 66.8 Å². The summed E-state index contributed by atoms with van der Waals surface area (Å²) in [6.07, 6.45) is 0. The summed E-state index contributed by atoms with van der Waals surface area (Å²) in [5.74, 6) is -2.64. The molecule has 0 bridgehead atoms. The van der Waals surface area contributed by atoms with E-state index in [0.717, 1.165) is 5.56 Å². The highest BCUT2D eigenvalue weighted by Crippen LogP contribution is 2.26. The van der Waals surface area contributed by atoms with Crippen molar-refractivity contribution < 1.29 is 19.4 Å². The molecule has 0 aliphatic carbocycles. The number of methoxy groups -OCH3 is 1. The van der Waals surface area contributed by atoms with E-state index in [1.165, 1.54) is 7.11 Å². The molecule has 1 fully saturated rings. The number of carboxylic acid groups (broad SMARTS) is 1. The summed E-state index contributed by atoms with van der Waals surface area (Å²) in [7, 11) is 1.29. The minimum Gasteiger partial charge on any atom is -0.481 e. The van der Waals surface area contributed by atoms with Crippen LogP contribution in [-0.2, 0) is 20.9 Å². The normalized spacial score (nSPS) is 23.2. The van der Waals surface area contributed by atoms with Gasteiger partial charge in [0.2, 0.25) is 0 Å². The highest BCUT2D eigenvalue weighted by molar-refractivity contribution is 5.82. The highest BCUT2D eigenvalue weighted by atomic mass is 16.5. The first-order valence-corrected chi connectivity index (χ1v) is 6.18. The van der Waals surface area contributed by atoms with Gasteiger partial charge in [-0.2, -0.15) is 0 Å². The molecule has 2 rings (SSSR count). The van der Waals surface area contributed by atoms with E-state index >= 15 is 0 Å². The molecule has 1 aromatic rings. The van der Waals surface area contributed by atoms with Gasteiger partial charge in [-0.05, 0) is 5.56 Å². The van der Waals surface area contributed by atoms with Crippen molar-refractivity contribution in [3.8, 4) is 0 Å². The summed E-state index contributed by atoms with van der Waals surface area (Å²) < 4.78 is 4.68. The second kappa shape index (κ2) is 5.84. The summed E-state index contributed by atoms with van der Waals surface area (Å²) in [5, 5.41) is 9.18. The van der Waals surface area contributed by atoms with Crippen molar-refractivity contribution in [3.63, 3.8) is 0 Å². The molecule has 2 atom stereocenters. The van der Waals surface area contributed by atoms with E-state index in [1.54, 1.807) is 0 Å². The highest BCUT2D eigenvalue weighted by Gasteiger charge is 2.42. The molecular weight excluding hydrogens is 246 g/mol. The average molecular weight is 263 g/mol. The number of carboxylic acids is 1. The van der Waals surface area contributed by atoms with Crippen LogP contribution in [0.25, 0.3) is 0 Å². The van der Waals surface area contributed by atoms with E-state index < -0.39 is 23.8 Å². The largest absolute Gasteiger partial charge is 0.481 e. The third kappa shape index (κ3) is 3.12. The lowest BCUT2D eigenvalue weighted by molar-refractivity contribution is -0.153. The van der Waals surface area contributed by atoms with Crippen molar-refractivity contribution in [2.24, 2.45) is 11.8 Å². The molecule has 19 heavy (non-hydrogen) atoms. The van der Waals surface area contributed by atoms with Crippen molar-refractivity contribution in [1.82, 2.24) is 4.90 Å². The second-order valence-electron chi connectivity index (χ2n) is 4.75. The maximum Gasteiger partial charge on any atom is 0.310 e. The molecule has 1 heterocycles. The van der Waals surface area contributed by atoms with Crippen LogP contribution in [0.1, 0.15) is 5.56 Å². The number of rotatable bonds is 4. The Labute approximate surface area is 111 Å². The van der Waals surface area contributed by atoms with Crippen LogP contribution in [0.2, 0.25) is 0 Å². The van der Waals surface area contributed by atoms with E-state index in [-0.39, 0.29) is 0 Å². The molecule has 1 unspecified atom stereocenters. The molecule has 0 saturated carbocycles. The maximum atomic E-state index is 11.6. The number of carbonyl (C=O) groups excluding carboxylic acids is 1. The van der Waals surface area contributed by atoms with Crippen molar-refractivity contribution in [2.45, 2.75) is 6.54 Å². The van der Waals surface area contributed by atoms with E-state index in [0.29, 0.717) is 19.6 Å². The third-order valence-corrected chi connectivity index (χ3v) is 3.47. The molecule has 5 heteroatoms. The molecule has 0 radical (unpaired) electrons. The maximum absolute atomic E-state index is 11.6. The monoisotopic (exact) mass is 263 g/mol. The lowest BCUT2D eigenvalue weighted by Gasteiger charge is -2.15. The van der Waals surface area contributed by atoms with E-state index in [9.17, 15) is 14.7 Å². The van der Waals surface area contributed by atoms with Gasteiger partial charge in [0.1, 0.15) is 0 Å². The second-order valence-corrected chi connectivity index (χ2v) is 4.75. The zero-order valence-corrected chi connectivity index (χ0v) is 10.8. The minimum absolute atomic E-state index is 0.379. The Balaban J connectivity index is 2.05. The van der Waals surface area contributed by atoms with Crippen molar-refractivity contribution in [2.75, 3.05) is 20.2 Å². The number of ether oxygens (including phenoxy) is 1. The summed E-state index contributed by atoms with van der Waals surface area (Å²) in [5.41, 5.74) is 1.11. The summed E-state index contributed by atoms with van der Waals surface area (Å²) >= 11 is 0. The predicted octanol–water partition coefficient (Wildman–Crippen LogP) is 0.992. The van der Waals surface area contributed by atoms with Crippen molar-refractivity contribution in [1.29, 1.82) is 0 Å². The number of esters is 1. The Morgan fingerprint density at radius 3 is 2.47 bits per heavy atom. The van der Waals surface area contributed by atoms with Crippen LogP contribution >= 0.6 is 0 Å². The SMILES string of the molecule is COC(=O)[C@H]1CN(Cc2ccccc2)CC1C(=O)O. The number of aliphatic carboxylic acids is 1. The summed E-state index contributed by atoms with van der Waals surface area (Å²) in [4.78, 5) is 24.8. The van der Waals surface area contributed by atoms with Gasteiger partial charge in [-0.3, -0.25) is 14.5 Å². The molecule has 1 aliphatic heterocycles. The third-order valence-electron chi connectivity index (χ3n) is 3.47. The molecular formula is C14H17NO4. The molecule has 0 spiro atoms. The zero-order chi connectivity index (χ0) is 13.8. The van der Waals surface area contributed by atoms with Crippen molar-refractivity contribution in [3.05, 3.63) is 35.9 Å². The molecule has 1 aliphatic rings. The molecule has 0 aromatic heterocycles. The first-order valence-electron chi connectivity index (χ1n) is 6.18. The smallest absolute Gasteiger partial charge is 0.310 e. The van der Waals surface area contributed by atoms with Gasteiger partial charge in [-0.15, -0.1) is 0 Å². The molecule has 102 valence electrons. The quantitative estimate of drug-likeness (QED) is 0.821. The minimum atomic E-state index is -0.939. The fraction of sp³-hybridized carbons (Fsp3) is 0.429. The van der Waals surface area contributed by atoms with Crippen LogP contribution in [0, 0.1) is 11.8 Å². The Morgan fingerprint density at radius 2 is 1.89 bits per heavy atom. The Morgan fingerprint density at radius 1 is 1.26 bits per heavy atom. The molecule has 1 saturated heterocycles. The number of carbonyl (C=O) groups is 2. The number of likely N-dealkylation sites (tertiary alicyclic amines) is 1. The number of hydrogen-bond acceptors (Lipinski definition) is 4. The number of nitrogens with zero attached hydrogens (tertiary/aromatic N) is 1.